The minimum Gasteiger partial charge on any atom is -0.300 e. The monoisotopic (exact) mass is 236 g/mol. The Bertz CT molecular complexity index is 525. The maximum absolute atomic E-state index is 11.8. The third-order valence-corrected chi connectivity index (χ3v) is 2.78. The molecule has 2 rings (SSSR count). The SMILES string of the molecule is CCn1ccn(Cc2ccc(Cl)cc2)c1=O. The summed E-state index contributed by atoms with van der Waals surface area (Å²) in [6.45, 7) is 3.24. The largest absolute Gasteiger partial charge is 0.328 e. The molecule has 0 radical (unpaired) electrons. The third-order valence-electron chi connectivity index (χ3n) is 2.52. The van der Waals surface area contributed by atoms with E-state index >= 15 is 0 Å². The second-order valence-electron chi connectivity index (χ2n) is 3.62. The van der Waals surface area contributed by atoms with Gasteiger partial charge in [0.1, 0.15) is 0 Å². The van der Waals surface area contributed by atoms with Crippen molar-refractivity contribution >= 4 is 11.6 Å². The fourth-order valence-corrected chi connectivity index (χ4v) is 1.73. The van der Waals surface area contributed by atoms with Gasteiger partial charge in [0.15, 0.2) is 0 Å². The van der Waals surface area contributed by atoms with E-state index in [2.05, 4.69) is 0 Å². The Morgan fingerprint density at radius 3 is 2.31 bits per heavy atom. The summed E-state index contributed by atoms with van der Waals surface area (Å²) in [5.41, 5.74) is 1.10. The second kappa shape index (κ2) is 4.58. The number of halogens is 1. The number of benzene rings is 1. The van der Waals surface area contributed by atoms with Gasteiger partial charge in [0.2, 0.25) is 0 Å². The summed E-state index contributed by atoms with van der Waals surface area (Å²) in [5.74, 6) is 0. The van der Waals surface area contributed by atoms with Crippen LogP contribution in [0.2, 0.25) is 5.02 Å². The number of nitrogens with zero attached hydrogens (tertiary/aromatic N) is 2. The Labute approximate surface area is 98.9 Å². The Kier molecular flexibility index (Phi) is 3.15. The first kappa shape index (κ1) is 11.0. The topological polar surface area (TPSA) is 26.9 Å². The molecule has 0 bridgehead atoms. The van der Waals surface area contributed by atoms with Gasteiger partial charge in [-0.2, -0.15) is 0 Å². The first-order valence-electron chi connectivity index (χ1n) is 5.20. The molecule has 0 fully saturated rings. The van der Waals surface area contributed by atoms with E-state index in [0.29, 0.717) is 18.1 Å². The van der Waals surface area contributed by atoms with E-state index in [9.17, 15) is 4.79 Å². The molecular weight excluding hydrogens is 224 g/mol. The van der Waals surface area contributed by atoms with Crippen molar-refractivity contribution in [2.24, 2.45) is 0 Å². The molecule has 1 aromatic carbocycles. The van der Waals surface area contributed by atoms with Crippen LogP contribution >= 0.6 is 11.6 Å². The smallest absolute Gasteiger partial charge is 0.300 e. The number of hydrogen-bond donors (Lipinski definition) is 0. The van der Waals surface area contributed by atoms with Crippen LogP contribution in [0.3, 0.4) is 0 Å². The zero-order valence-electron chi connectivity index (χ0n) is 9.06. The van der Waals surface area contributed by atoms with Crippen molar-refractivity contribution in [1.29, 1.82) is 0 Å². The van der Waals surface area contributed by atoms with Crippen LogP contribution in [0.15, 0.2) is 41.5 Å². The van der Waals surface area contributed by atoms with Gasteiger partial charge in [-0.15, -0.1) is 0 Å². The van der Waals surface area contributed by atoms with E-state index in [0.717, 1.165) is 5.56 Å². The average molecular weight is 237 g/mol. The highest BCUT2D eigenvalue weighted by Crippen LogP contribution is 2.10. The molecule has 1 aromatic heterocycles. The lowest BCUT2D eigenvalue weighted by Crippen LogP contribution is -2.23. The Hall–Kier alpha value is -1.48. The summed E-state index contributed by atoms with van der Waals surface area (Å²) in [5, 5.41) is 0.710. The molecule has 3 nitrogen and oxygen atoms in total. The van der Waals surface area contributed by atoms with Crippen molar-refractivity contribution in [2.45, 2.75) is 20.0 Å². The number of aryl methyl sites for hydroxylation is 1. The van der Waals surface area contributed by atoms with Crippen molar-refractivity contribution in [1.82, 2.24) is 9.13 Å². The zero-order chi connectivity index (χ0) is 11.5. The average Bonchev–Trinajstić information content (AvgIpc) is 2.63. The number of hydrogen-bond acceptors (Lipinski definition) is 1. The van der Waals surface area contributed by atoms with E-state index in [1.807, 2.05) is 31.2 Å². The maximum Gasteiger partial charge on any atom is 0.328 e. The molecule has 2 aromatic rings. The minimum atomic E-state index is 0.0254. The van der Waals surface area contributed by atoms with E-state index in [1.165, 1.54) is 0 Å². The summed E-state index contributed by atoms with van der Waals surface area (Å²) < 4.78 is 3.36. The molecule has 0 aliphatic carbocycles. The van der Waals surface area contributed by atoms with Crippen LogP contribution in [-0.4, -0.2) is 9.13 Å². The quantitative estimate of drug-likeness (QED) is 0.804. The highest BCUT2D eigenvalue weighted by atomic mass is 35.5. The third kappa shape index (κ3) is 2.19. The molecule has 0 amide bonds. The lowest BCUT2D eigenvalue weighted by molar-refractivity contribution is 0.668. The summed E-state index contributed by atoms with van der Waals surface area (Å²) >= 11 is 5.80. The van der Waals surface area contributed by atoms with Crippen LogP contribution in [0, 0.1) is 0 Å². The zero-order valence-corrected chi connectivity index (χ0v) is 9.81. The summed E-state index contributed by atoms with van der Waals surface area (Å²) in [6, 6.07) is 7.52. The molecule has 0 spiro atoms. The van der Waals surface area contributed by atoms with Crippen molar-refractivity contribution in [2.75, 3.05) is 0 Å². The Morgan fingerprint density at radius 1 is 1.12 bits per heavy atom. The molecular formula is C12H13ClN2O. The standard InChI is InChI=1S/C12H13ClN2O/c1-2-14-7-8-15(12(14)16)9-10-3-5-11(13)6-4-10/h3-8H,2,9H2,1H3. The van der Waals surface area contributed by atoms with Crippen molar-refractivity contribution in [3.63, 3.8) is 0 Å². The van der Waals surface area contributed by atoms with Crippen molar-refractivity contribution < 1.29 is 0 Å². The van der Waals surface area contributed by atoms with Gasteiger partial charge < -0.3 is 0 Å². The van der Waals surface area contributed by atoms with Gasteiger partial charge in [-0.1, -0.05) is 23.7 Å². The fraction of sp³-hybridized carbons (Fsp3) is 0.250. The van der Waals surface area contributed by atoms with E-state index in [-0.39, 0.29) is 5.69 Å². The van der Waals surface area contributed by atoms with E-state index < -0.39 is 0 Å². The Morgan fingerprint density at radius 2 is 1.75 bits per heavy atom. The fourth-order valence-electron chi connectivity index (χ4n) is 1.60. The van der Waals surface area contributed by atoms with Gasteiger partial charge in [-0.25, -0.2) is 4.79 Å². The summed E-state index contributed by atoms with van der Waals surface area (Å²) in [4.78, 5) is 11.8. The highest BCUT2D eigenvalue weighted by molar-refractivity contribution is 6.30. The predicted octanol–water partition coefficient (Wildman–Crippen LogP) is 2.37. The van der Waals surface area contributed by atoms with Crippen LogP contribution < -0.4 is 5.69 Å². The highest BCUT2D eigenvalue weighted by Gasteiger charge is 2.02. The molecule has 0 saturated carbocycles. The molecule has 0 aliphatic heterocycles. The van der Waals surface area contributed by atoms with Gasteiger partial charge in [-0.3, -0.25) is 9.13 Å². The molecule has 0 aliphatic rings. The lowest BCUT2D eigenvalue weighted by Gasteiger charge is -2.02. The normalized spacial score (nSPS) is 10.6. The maximum atomic E-state index is 11.8. The lowest BCUT2D eigenvalue weighted by atomic mass is 10.2. The predicted molar refractivity (Wildman–Crippen MR) is 64.9 cm³/mol. The van der Waals surface area contributed by atoms with Crippen LogP contribution in [0.1, 0.15) is 12.5 Å². The minimum absolute atomic E-state index is 0.0254. The molecule has 0 unspecified atom stereocenters. The molecule has 4 heteroatoms. The molecule has 1 heterocycles. The first-order chi connectivity index (χ1) is 7.70. The number of imidazole rings is 1. The summed E-state index contributed by atoms with van der Waals surface area (Å²) in [7, 11) is 0. The first-order valence-corrected chi connectivity index (χ1v) is 5.58. The van der Waals surface area contributed by atoms with Crippen LogP contribution in [0.25, 0.3) is 0 Å². The molecule has 0 N–H and O–H groups in total. The number of aromatic nitrogens is 2. The molecule has 0 saturated heterocycles. The summed E-state index contributed by atoms with van der Waals surface area (Å²) in [6.07, 6.45) is 3.61. The molecule has 0 atom stereocenters. The second-order valence-corrected chi connectivity index (χ2v) is 4.06. The van der Waals surface area contributed by atoms with Gasteiger partial charge >= 0.3 is 5.69 Å². The van der Waals surface area contributed by atoms with Crippen molar-refractivity contribution in [3.8, 4) is 0 Å². The molecule has 84 valence electrons. The Balaban J connectivity index is 2.24. The van der Waals surface area contributed by atoms with Crippen LogP contribution in [0.5, 0.6) is 0 Å². The van der Waals surface area contributed by atoms with E-state index in [1.54, 1.807) is 21.5 Å². The van der Waals surface area contributed by atoms with Gasteiger partial charge in [0, 0.05) is 24.0 Å². The van der Waals surface area contributed by atoms with Gasteiger partial charge in [0.05, 0.1) is 6.54 Å². The van der Waals surface area contributed by atoms with Crippen LogP contribution in [0.4, 0.5) is 0 Å². The number of rotatable bonds is 3. The molecule has 16 heavy (non-hydrogen) atoms. The van der Waals surface area contributed by atoms with Gasteiger partial charge in [0.25, 0.3) is 0 Å². The van der Waals surface area contributed by atoms with Crippen LogP contribution in [-0.2, 0) is 13.1 Å². The van der Waals surface area contributed by atoms with Gasteiger partial charge in [-0.05, 0) is 24.6 Å². The van der Waals surface area contributed by atoms with E-state index in [4.69, 9.17) is 11.6 Å². The van der Waals surface area contributed by atoms with Crippen molar-refractivity contribution in [3.05, 3.63) is 57.7 Å².